The first-order valence-corrected chi connectivity index (χ1v) is 7.40. The summed E-state index contributed by atoms with van der Waals surface area (Å²) in [7, 11) is 0. The molecule has 1 N–H and O–H groups in total. The van der Waals surface area contributed by atoms with Gasteiger partial charge in [0.05, 0.1) is 16.1 Å². The van der Waals surface area contributed by atoms with Crippen LogP contribution < -0.4 is 0 Å². The first-order chi connectivity index (χ1) is 9.51. The van der Waals surface area contributed by atoms with Crippen molar-refractivity contribution >= 4 is 45.3 Å². The minimum absolute atomic E-state index is 0.0735. The number of carbonyl (C=O) groups is 1. The van der Waals surface area contributed by atoms with E-state index in [2.05, 4.69) is 22.0 Å². The molecule has 2 rings (SSSR count). The lowest BCUT2D eigenvalue weighted by Crippen LogP contribution is -1.97. The standard InChI is InChI=1S/C14H7BrClNO2S/c15-12-6-10(2-1-8(12)7-17)20-9-3-4-13(16)11(5-9)14(18)19/h1-6H,(H,18,19). The molecule has 0 aromatic heterocycles. The van der Waals surface area contributed by atoms with E-state index in [1.807, 2.05) is 12.1 Å². The molecule has 0 bridgehead atoms. The van der Waals surface area contributed by atoms with E-state index in [4.69, 9.17) is 22.0 Å². The molecule has 2 aromatic rings. The molecule has 20 heavy (non-hydrogen) atoms. The zero-order valence-corrected chi connectivity index (χ0v) is 13.1. The van der Waals surface area contributed by atoms with Crippen molar-refractivity contribution in [3.05, 3.63) is 57.0 Å². The second-order valence-electron chi connectivity index (χ2n) is 3.80. The van der Waals surface area contributed by atoms with Gasteiger partial charge in [-0.3, -0.25) is 0 Å². The first-order valence-electron chi connectivity index (χ1n) is 5.41. The van der Waals surface area contributed by atoms with Crippen LogP contribution in [0.15, 0.2) is 50.7 Å². The summed E-state index contributed by atoms with van der Waals surface area (Å²) in [4.78, 5) is 12.7. The maximum absolute atomic E-state index is 11.0. The number of carboxylic acid groups (broad SMARTS) is 1. The topological polar surface area (TPSA) is 61.1 Å². The number of nitrogens with zero attached hydrogens (tertiary/aromatic N) is 1. The van der Waals surface area contributed by atoms with Crippen molar-refractivity contribution in [3.63, 3.8) is 0 Å². The molecule has 0 saturated carbocycles. The molecule has 0 atom stereocenters. The van der Waals surface area contributed by atoms with Crippen LogP contribution in [0.5, 0.6) is 0 Å². The summed E-state index contributed by atoms with van der Waals surface area (Å²) < 4.78 is 0.706. The summed E-state index contributed by atoms with van der Waals surface area (Å²) >= 11 is 10.5. The van der Waals surface area contributed by atoms with Gasteiger partial charge in [0.15, 0.2) is 0 Å². The number of halogens is 2. The lowest BCUT2D eigenvalue weighted by molar-refractivity contribution is 0.0697. The molecular weight excluding hydrogens is 362 g/mol. The molecule has 0 heterocycles. The van der Waals surface area contributed by atoms with E-state index in [9.17, 15) is 4.79 Å². The van der Waals surface area contributed by atoms with Gasteiger partial charge >= 0.3 is 5.97 Å². The Balaban J connectivity index is 2.31. The number of rotatable bonds is 3. The molecule has 0 aliphatic rings. The Bertz CT molecular complexity index is 728. The molecule has 0 aliphatic carbocycles. The highest BCUT2D eigenvalue weighted by molar-refractivity contribution is 9.10. The van der Waals surface area contributed by atoms with E-state index in [-0.39, 0.29) is 10.6 Å². The number of nitriles is 1. The predicted octanol–water partition coefficient (Wildman–Crippen LogP) is 4.82. The summed E-state index contributed by atoms with van der Waals surface area (Å²) in [5.41, 5.74) is 0.626. The molecule has 0 radical (unpaired) electrons. The van der Waals surface area contributed by atoms with Gasteiger partial charge in [-0.2, -0.15) is 5.26 Å². The number of carboxylic acids is 1. The van der Waals surface area contributed by atoms with Crippen LogP contribution >= 0.6 is 39.3 Å². The van der Waals surface area contributed by atoms with Crippen LogP contribution in [0.25, 0.3) is 0 Å². The van der Waals surface area contributed by atoms with Crippen molar-refractivity contribution in [3.8, 4) is 6.07 Å². The highest BCUT2D eigenvalue weighted by atomic mass is 79.9. The molecule has 0 fully saturated rings. The predicted molar refractivity (Wildman–Crippen MR) is 81.4 cm³/mol. The lowest BCUT2D eigenvalue weighted by atomic mass is 10.2. The van der Waals surface area contributed by atoms with E-state index in [1.54, 1.807) is 18.2 Å². The van der Waals surface area contributed by atoms with Crippen molar-refractivity contribution in [1.82, 2.24) is 0 Å². The number of hydrogen-bond acceptors (Lipinski definition) is 3. The van der Waals surface area contributed by atoms with Crippen LogP contribution in [-0.4, -0.2) is 11.1 Å². The van der Waals surface area contributed by atoms with Crippen molar-refractivity contribution in [2.75, 3.05) is 0 Å². The largest absolute Gasteiger partial charge is 0.478 e. The minimum Gasteiger partial charge on any atom is -0.478 e. The van der Waals surface area contributed by atoms with E-state index in [1.165, 1.54) is 17.8 Å². The highest BCUT2D eigenvalue weighted by Crippen LogP contribution is 2.32. The molecule has 0 unspecified atom stereocenters. The Labute approximate surface area is 133 Å². The maximum Gasteiger partial charge on any atom is 0.337 e. The van der Waals surface area contributed by atoms with E-state index < -0.39 is 5.97 Å². The second kappa shape index (κ2) is 6.31. The van der Waals surface area contributed by atoms with Gasteiger partial charge in [-0.1, -0.05) is 23.4 Å². The first kappa shape index (κ1) is 14.9. The lowest BCUT2D eigenvalue weighted by Gasteiger charge is -2.05. The van der Waals surface area contributed by atoms with Gasteiger partial charge in [-0.25, -0.2) is 4.79 Å². The van der Waals surface area contributed by atoms with E-state index in [0.29, 0.717) is 10.0 Å². The smallest absolute Gasteiger partial charge is 0.337 e. The van der Waals surface area contributed by atoms with Crippen molar-refractivity contribution in [2.24, 2.45) is 0 Å². The molecule has 2 aromatic carbocycles. The average molecular weight is 369 g/mol. The van der Waals surface area contributed by atoms with E-state index in [0.717, 1.165) is 9.79 Å². The number of hydrogen-bond donors (Lipinski definition) is 1. The van der Waals surface area contributed by atoms with Gasteiger partial charge < -0.3 is 5.11 Å². The number of benzene rings is 2. The Morgan fingerprint density at radius 2 is 1.90 bits per heavy atom. The van der Waals surface area contributed by atoms with Gasteiger partial charge in [0, 0.05) is 14.3 Å². The average Bonchev–Trinajstić information content (AvgIpc) is 2.41. The Kier molecular flexibility index (Phi) is 4.71. The monoisotopic (exact) mass is 367 g/mol. The molecule has 0 spiro atoms. The Hall–Kier alpha value is -1.48. The Morgan fingerprint density at radius 1 is 1.25 bits per heavy atom. The zero-order chi connectivity index (χ0) is 14.7. The minimum atomic E-state index is -1.06. The molecule has 3 nitrogen and oxygen atoms in total. The number of aromatic carboxylic acids is 1. The fourth-order valence-corrected chi connectivity index (χ4v) is 3.23. The summed E-state index contributed by atoms with van der Waals surface area (Å²) in [6.07, 6.45) is 0. The summed E-state index contributed by atoms with van der Waals surface area (Å²) in [5.74, 6) is -1.06. The van der Waals surface area contributed by atoms with Crippen LogP contribution in [-0.2, 0) is 0 Å². The van der Waals surface area contributed by atoms with Gasteiger partial charge in [0.2, 0.25) is 0 Å². The highest BCUT2D eigenvalue weighted by Gasteiger charge is 2.10. The SMILES string of the molecule is N#Cc1ccc(Sc2ccc(Cl)c(C(=O)O)c2)cc1Br. The maximum atomic E-state index is 11.0. The normalized spacial score (nSPS) is 10.1. The third-order valence-corrected chi connectivity index (χ3v) is 4.43. The van der Waals surface area contributed by atoms with Crippen LogP contribution in [0, 0.1) is 11.3 Å². The summed E-state index contributed by atoms with van der Waals surface area (Å²) in [6.45, 7) is 0. The van der Waals surface area contributed by atoms with Gasteiger partial charge in [0.25, 0.3) is 0 Å². The second-order valence-corrected chi connectivity index (χ2v) is 6.21. The fraction of sp³-hybridized carbons (Fsp3) is 0. The third-order valence-electron chi connectivity index (χ3n) is 2.46. The summed E-state index contributed by atoms with van der Waals surface area (Å²) in [6, 6.07) is 12.2. The van der Waals surface area contributed by atoms with Crippen LogP contribution in [0.2, 0.25) is 5.02 Å². The molecule has 100 valence electrons. The van der Waals surface area contributed by atoms with Crippen molar-refractivity contribution < 1.29 is 9.90 Å². The van der Waals surface area contributed by atoms with E-state index >= 15 is 0 Å². The molecule has 0 amide bonds. The molecule has 0 saturated heterocycles. The van der Waals surface area contributed by atoms with Crippen molar-refractivity contribution in [1.29, 1.82) is 5.26 Å². The molecule has 6 heteroatoms. The third kappa shape index (κ3) is 3.34. The van der Waals surface area contributed by atoms with Gasteiger partial charge in [-0.15, -0.1) is 0 Å². The van der Waals surface area contributed by atoms with Crippen molar-refractivity contribution in [2.45, 2.75) is 9.79 Å². The van der Waals surface area contributed by atoms with Crippen LogP contribution in [0.1, 0.15) is 15.9 Å². The Morgan fingerprint density at radius 3 is 2.50 bits per heavy atom. The van der Waals surface area contributed by atoms with Gasteiger partial charge in [0.1, 0.15) is 6.07 Å². The van der Waals surface area contributed by atoms with Crippen LogP contribution in [0.4, 0.5) is 0 Å². The quantitative estimate of drug-likeness (QED) is 0.843. The van der Waals surface area contributed by atoms with Gasteiger partial charge in [-0.05, 0) is 52.3 Å². The zero-order valence-electron chi connectivity index (χ0n) is 9.93. The molecular formula is C14H7BrClNO2S. The fourth-order valence-electron chi connectivity index (χ4n) is 1.52. The molecule has 0 aliphatic heterocycles. The van der Waals surface area contributed by atoms with Crippen LogP contribution in [0.3, 0.4) is 0 Å². The summed E-state index contributed by atoms with van der Waals surface area (Å²) in [5, 5.41) is 18.1.